The lowest BCUT2D eigenvalue weighted by molar-refractivity contribution is -0.384. The number of nitro groups is 1. The summed E-state index contributed by atoms with van der Waals surface area (Å²) in [4.78, 5) is 13.9. The van der Waals surface area contributed by atoms with Crippen LogP contribution in [0.1, 0.15) is 42.4 Å². The van der Waals surface area contributed by atoms with E-state index in [1.165, 1.54) is 16.2 Å². The Bertz CT molecular complexity index is 1150. The van der Waals surface area contributed by atoms with Crippen molar-refractivity contribution >= 4 is 11.4 Å². The first-order valence-electron chi connectivity index (χ1n) is 12.0. The molecule has 0 saturated carbocycles. The fraction of sp³-hybridized carbons (Fsp3) is 0.385. The number of aromatic nitrogens is 1. The number of nitrogens with one attached hydrogen (secondary N) is 1. The highest BCUT2D eigenvalue weighted by Gasteiger charge is 2.27. The lowest BCUT2D eigenvalue weighted by atomic mass is 9.95. The molecular formula is C26H30N4O4. The summed E-state index contributed by atoms with van der Waals surface area (Å²) in [7, 11) is 0. The molecule has 0 spiro atoms. The first kappa shape index (κ1) is 22.3. The van der Waals surface area contributed by atoms with Gasteiger partial charge in [0, 0.05) is 42.9 Å². The lowest BCUT2D eigenvalue weighted by Crippen LogP contribution is -2.38. The number of likely N-dealkylation sites (tertiary alicyclic amines) is 1. The molecular weight excluding hydrogens is 432 g/mol. The number of benzene rings is 2. The Morgan fingerprint density at radius 2 is 1.62 bits per heavy atom. The van der Waals surface area contributed by atoms with Crippen LogP contribution in [0, 0.1) is 10.1 Å². The number of nitro benzene ring substituents is 1. The van der Waals surface area contributed by atoms with Gasteiger partial charge < -0.3 is 15.5 Å². The van der Waals surface area contributed by atoms with Crippen LogP contribution >= 0.6 is 0 Å². The molecule has 1 saturated heterocycles. The average molecular weight is 463 g/mol. The third-order valence-corrected chi connectivity index (χ3v) is 7.06. The summed E-state index contributed by atoms with van der Waals surface area (Å²) >= 11 is 0. The van der Waals surface area contributed by atoms with Crippen LogP contribution in [0.3, 0.4) is 0 Å². The highest BCUT2D eigenvalue weighted by atomic mass is 16.6. The van der Waals surface area contributed by atoms with Crippen molar-refractivity contribution in [3.8, 4) is 17.4 Å². The molecule has 2 aliphatic rings. The average Bonchev–Trinajstić information content (AvgIpc) is 3.11. The van der Waals surface area contributed by atoms with Gasteiger partial charge in [0.05, 0.1) is 10.6 Å². The van der Waals surface area contributed by atoms with Crippen molar-refractivity contribution < 1.29 is 15.1 Å². The fourth-order valence-corrected chi connectivity index (χ4v) is 5.24. The smallest absolute Gasteiger partial charge is 0.294 e. The van der Waals surface area contributed by atoms with Crippen molar-refractivity contribution in [1.29, 1.82) is 0 Å². The number of hydrogen-bond donors (Lipinski definition) is 3. The Morgan fingerprint density at radius 1 is 0.971 bits per heavy atom. The molecule has 1 fully saturated rings. The van der Waals surface area contributed by atoms with E-state index in [1.807, 2.05) is 6.07 Å². The van der Waals surface area contributed by atoms with Crippen LogP contribution in [-0.4, -0.2) is 43.7 Å². The molecule has 1 aliphatic carbocycles. The minimum Gasteiger partial charge on any atom is -0.494 e. The standard InChI is InChI=1S/C26H30N4O4/c31-25-21-8-4-5-9-22(21)26(32)29(25)20-10-11-23(24(16-20)30(33)34)27-19-12-14-28(15-13-19)17-18-6-2-1-3-7-18/h1-3,6-7,10-11,16,19,27,31-32H,4-5,8-9,12-15,17H2. The molecule has 2 heterocycles. The quantitative estimate of drug-likeness (QED) is 0.361. The van der Waals surface area contributed by atoms with E-state index in [0.29, 0.717) is 24.2 Å². The molecule has 0 bridgehead atoms. The van der Waals surface area contributed by atoms with Crippen molar-refractivity contribution in [3.05, 3.63) is 75.3 Å². The Balaban J connectivity index is 1.31. The van der Waals surface area contributed by atoms with Gasteiger partial charge >= 0.3 is 0 Å². The predicted octanol–water partition coefficient (Wildman–Crippen LogP) is 4.75. The number of rotatable bonds is 6. The van der Waals surface area contributed by atoms with E-state index in [0.717, 1.165) is 56.4 Å². The van der Waals surface area contributed by atoms with Crippen molar-refractivity contribution in [2.24, 2.45) is 0 Å². The molecule has 1 aliphatic heterocycles. The van der Waals surface area contributed by atoms with Crippen molar-refractivity contribution in [2.75, 3.05) is 18.4 Å². The summed E-state index contributed by atoms with van der Waals surface area (Å²) in [6.07, 6.45) is 5.11. The molecule has 0 radical (unpaired) electrons. The maximum Gasteiger partial charge on any atom is 0.294 e. The molecule has 34 heavy (non-hydrogen) atoms. The van der Waals surface area contributed by atoms with Gasteiger partial charge in [-0.2, -0.15) is 0 Å². The number of anilines is 1. The van der Waals surface area contributed by atoms with Gasteiger partial charge in [-0.15, -0.1) is 0 Å². The van der Waals surface area contributed by atoms with Gasteiger partial charge in [0.15, 0.2) is 0 Å². The summed E-state index contributed by atoms with van der Waals surface area (Å²) in [6.45, 7) is 2.76. The maximum atomic E-state index is 11.9. The zero-order valence-electron chi connectivity index (χ0n) is 19.1. The van der Waals surface area contributed by atoms with Crippen LogP contribution in [0.15, 0.2) is 48.5 Å². The fourth-order valence-electron chi connectivity index (χ4n) is 5.24. The van der Waals surface area contributed by atoms with E-state index in [9.17, 15) is 20.3 Å². The number of fused-ring (bicyclic) bond motifs is 1. The van der Waals surface area contributed by atoms with Gasteiger partial charge in [0.1, 0.15) is 5.69 Å². The Hall–Kier alpha value is -3.52. The van der Waals surface area contributed by atoms with Gasteiger partial charge in [-0.05, 0) is 56.2 Å². The second kappa shape index (κ2) is 9.38. The van der Waals surface area contributed by atoms with Crippen molar-refractivity contribution in [1.82, 2.24) is 9.47 Å². The van der Waals surface area contributed by atoms with E-state index in [-0.39, 0.29) is 23.5 Å². The Labute approximate surface area is 198 Å². The van der Waals surface area contributed by atoms with E-state index < -0.39 is 4.92 Å². The summed E-state index contributed by atoms with van der Waals surface area (Å²) in [5, 5.41) is 36.7. The van der Waals surface area contributed by atoms with Crippen LogP contribution in [0.2, 0.25) is 0 Å². The summed E-state index contributed by atoms with van der Waals surface area (Å²) in [6, 6.07) is 15.4. The monoisotopic (exact) mass is 462 g/mol. The SMILES string of the molecule is O=[N+]([O-])c1cc(-n2c(O)c3c(c2O)CCCC3)ccc1NC1CCN(Cc2ccccc2)CC1. The molecule has 178 valence electrons. The minimum absolute atomic E-state index is 0.0204. The zero-order valence-corrected chi connectivity index (χ0v) is 19.1. The summed E-state index contributed by atoms with van der Waals surface area (Å²) in [5.41, 5.74) is 3.57. The third-order valence-electron chi connectivity index (χ3n) is 7.06. The van der Waals surface area contributed by atoms with Gasteiger partial charge in [-0.1, -0.05) is 30.3 Å². The molecule has 0 amide bonds. The first-order chi connectivity index (χ1) is 16.5. The largest absolute Gasteiger partial charge is 0.494 e. The molecule has 3 aromatic rings. The second-order valence-corrected chi connectivity index (χ2v) is 9.29. The van der Waals surface area contributed by atoms with E-state index in [1.54, 1.807) is 12.1 Å². The van der Waals surface area contributed by atoms with Crippen LogP contribution < -0.4 is 5.32 Å². The summed E-state index contributed by atoms with van der Waals surface area (Å²) in [5.74, 6) is -0.0407. The van der Waals surface area contributed by atoms with Crippen molar-refractivity contribution in [3.63, 3.8) is 0 Å². The number of nitrogens with zero attached hydrogens (tertiary/aromatic N) is 3. The second-order valence-electron chi connectivity index (χ2n) is 9.29. The molecule has 8 nitrogen and oxygen atoms in total. The number of aromatic hydroxyl groups is 2. The molecule has 5 rings (SSSR count). The van der Waals surface area contributed by atoms with Gasteiger partial charge in [0.25, 0.3) is 5.69 Å². The van der Waals surface area contributed by atoms with Gasteiger partial charge in [-0.25, -0.2) is 0 Å². The maximum absolute atomic E-state index is 11.9. The molecule has 3 N–H and O–H groups in total. The number of piperidine rings is 1. The van der Waals surface area contributed by atoms with Gasteiger partial charge in [0.2, 0.25) is 11.8 Å². The minimum atomic E-state index is -0.409. The van der Waals surface area contributed by atoms with E-state index in [4.69, 9.17) is 0 Å². The van der Waals surface area contributed by atoms with Crippen LogP contribution in [0.25, 0.3) is 5.69 Å². The molecule has 8 heteroatoms. The predicted molar refractivity (Wildman–Crippen MR) is 131 cm³/mol. The highest BCUT2D eigenvalue weighted by molar-refractivity contribution is 5.67. The van der Waals surface area contributed by atoms with Crippen LogP contribution in [0.4, 0.5) is 11.4 Å². The third kappa shape index (κ3) is 4.33. The molecule has 0 unspecified atom stereocenters. The molecule has 1 aromatic heterocycles. The topological polar surface area (TPSA) is 104 Å². The van der Waals surface area contributed by atoms with Crippen LogP contribution in [0.5, 0.6) is 11.8 Å². The highest BCUT2D eigenvalue weighted by Crippen LogP contribution is 2.42. The number of hydrogen-bond acceptors (Lipinski definition) is 6. The normalized spacial score (nSPS) is 16.8. The lowest BCUT2D eigenvalue weighted by Gasteiger charge is -2.32. The van der Waals surface area contributed by atoms with Crippen molar-refractivity contribution in [2.45, 2.75) is 51.1 Å². The Morgan fingerprint density at radius 3 is 2.24 bits per heavy atom. The summed E-state index contributed by atoms with van der Waals surface area (Å²) < 4.78 is 1.33. The van der Waals surface area contributed by atoms with E-state index in [2.05, 4.69) is 34.5 Å². The molecule has 0 atom stereocenters. The zero-order chi connectivity index (χ0) is 23.7. The first-order valence-corrected chi connectivity index (χ1v) is 12.0. The van der Waals surface area contributed by atoms with E-state index >= 15 is 0 Å². The van der Waals surface area contributed by atoms with Gasteiger partial charge in [-0.3, -0.25) is 19.6 Å². The Kier molecular flexibility index (Phi) is 6.15. The molecule has 2 aromatic carbocycles. The van der Waals surface area contributed by atoms with Crippen LogP contribution in [-0.2, 0) is 19.4 Å².